The van der Waals surface area contributed by atoms with E-state index >= 15 is 0 Å². The molecule has 0 bridgehead atoms. The van der Waals surface area contributed by atoms with Gasteiger partial charge in [-0.25, -0.2) is 0 Å². The number of allylic oxidation sites excluding steroid dienone is 47. The van der Waals surface area contributed by atoms with E-state index in [1.807, 2.05) is 120 Å². The number of carbonyl (C=O) groups excluding carboxylic acids is 3. The van der Waals surface area contributed by atoms with Crippen LogP contribution in [0.5, 0.6) is 0 Å². The zero-order chi connectivity index (χ0) is 99.1. The maximum absolute atomic E-state index is 11.5. The fourth-order valence-electron chi connectivity index (χ4n) is 16.1. The second-order valence-electron chi connectivity index (χ2n) is 37.9. The maximum Gasteiger partial charge on any atom is 0.213 e. The van der Waals surface area contributed by atoms with Crippen LogP contribution in [-0.4, -0.2) is 114 Å². The van der Waals surface area contributed by atoms with Crippen LogP contribution in [0.2, 0.25) is 0 Å². The highest BCUT2D eigenvalue weighted by Crippen LogP contribution is 2.47. The van der Waals surface area contributed by atoms with Gasteiger partial charge in [-0.2, -0.15) is 15.8 Å². The van der Waals surface area contributed by atoms with E-state index in [1.54, 1.807) is 51.7 Å². The van der Waals surface area contributed by atoms with Gasteiger partial charge in [0.05, 0.1) is 61.9 Å². The van der Waals surface area contributed by atoms with Crippen molar-refractivity contribution < 1.29 is 58.1 Å². The molecule has 0 saturated heterocycles. The summed E-state index contributed by atoms with van der Waals surface area (Å²) in [4.78, 5) is 30.9. The van der Waals surface area contributed by atoms with Crippen molar-refractivity contribution in [1.29, 1.82) is 15.8 Å². The van der Waals surface area contributed by atoms with Crippen LogP contribution in [0.4, 0.5) is 0 Å². The van der Waals surface area contributed by atoms with Crippen LogP contribution < -0.4 is 0 Å². The summed E-state index contributed by atoms with van der Waals surface area (Å²) in [6.07, 6.45) is 72.4. The van der Waals surface area contributed by atoms with Gasteiger partial charge in [0.1, 0.15) is 25.0 Å². The van der Waals surface area contributed by atoms with Crippen LogP contribution in [0.15, 0.2) is 306 Å². The third kappa shape index (κ3) is 55.3. The normalized spacial score (nSPS) is 22.4. The fraction of sp³-hybridized carbons (Fsp3) is 0.487. The predicted octanol–water partition coefficient (Wildman–Crippen LogP) is 28.7. The summed E-state index contributed by atoms with van der Waals surface area (Å²) in [5.74, 6) is 0. The Morgan fingerprint density at radius 2 is 0.600 bits per heavy atom. The average Bonchev–Trinajstić information content (AvgIpc) is 0.829. The first-order valence-corrected chi connectivity index (χ1v) is 49.5. The minimum Gasteiger partial charge on any atom is -0.393 e. The van der Waals surface area contributed by atoms with Gasteiger partial charge in [-0.1, -0.05) is 308 Å². The zero-order valence-electron chi connectivity index (χ0n) is 84.3. The molecule has 5 N–H and O–H groups in total. The van der Waals surface area contributed by atoms with Crippen LogP contribution in [0, 0.1) is 61.1 Å². The molecule has 0 aromatic rings. The SMILES string of the molecule is C.C/C=C/C=C(C)/C=C/C=C(C)/C=C/C1=C(C)CC(O)CC1(C)C.CC1=C(/C=C/C(C)=C/C=C/C(C)=C/C#N)C(C)(C)CC(O)C1.CC1=C(/C=C/C(C)=C/C=C/C(C)=C/C=C/C=O)C(C)(C)CC(O)C1.CC1=C(/C=C/C(C)=C/C=C/C(C)=C/C=O)C(C)(C)CC(O)C1.CC1=C(/C=C/C(C)=C/C=O)C(C)(C)CC(O)C1.CCOP(C)(=O)C/C(C)=C/C#N.CCOP(C)(=O)CC#N. The van der Waals surface area contributed by atoms with Crippen LogP contribution >= 0.6 is 14.7 Å². The number of carbonyl (C=O) groups is 3. The molecule has 0 fully saturated rings. The highest BCUT2D eigenvalue weighted by molar-refractivity contribution is 7.58. The zero-order valence-corrected chi connectivity index (χ0v) is 86.1. The molecule has 0 aromatic carbocycles. The van der Waals surface area contributed by atoms with E-state index in [4.69, 9.17) is 24.8 Å². The molecule has 7 unspecified atom stereocenters. The Morgan fingerprint density at radius 1 is 0.362 bits per heavy atom. The Morgan fingerprint density at radius 3 is 0.838 bits per heavy atom. The van der Waals surface area contributed by atoms with E-state index in [9.17, 15) is 49.0 Å². The van der Waals surface area contributed by atoms with E-state index in [-0.39, 0.29) is 71.2 Å². The molecule has 0 radical (unpaired) electrons. The van der Waals surface area contributed by atoms with Crippen LogP contribution in [0.25, 0.3) is 0 Å². The lowest BCUT2D eigenvalue weighted by Gasteiger charge is -2.35. The van der Waals surface area contributed by atoms with E-state index in [0.717, 1.165) is 122 Å². The summed E-state index contributed by atoms with van der Waals surface area (Å²) in [5.41, 5.74) is 23.7. The van der Waals surface area contributed by atoms with Crippen molar-refractivity contribution in [3.8, 4) is 18.2 Å². The van der Waals surface area contributed by atoms with Gasteiger partial charge in [0, 0.05) is 31.6 Å². The Kier molecular flexibility index (Phi) is 62.2. The molecule has 0 amide bonds. The second-order valence-corrected chi connectivity index (χ2v) is 43.1. The summed E-state index contributed by atoms with van der Waals surface area (Å²) in [6, 6.07) is 5.71. The Labute approximate surface area is 788 Å². The molecule has 0 heterocycles. The Balaban J connectivity index is -0.00000147. The number of rotatable bonds is 30. The summed E-state index contributed by atoms with van der Waals surface area (Å²) < 4.78 is 32.4. The molecule has 7 atom stereocenters. The first-order valence-electron chi connectivity index (χ1n) is 45.0. The van der Waals surface area contributed by atoms with Crippen LogP contribution in [0.3, 0.4) is 0 Å². The molecule has 0 aliphatic heterocycles. The van der Waals surface area contributed by atoms with Gasteiger partial charge in [-0.05, 0) is 279 Å². The van der Waals surface area contributed by atoms with Crippen molar-refractivity contribution in [2.45, 2.75) is 296 Å². The van der Waals surface area contributed by atoms with Crippen molar-refractivity contribution in [2.24, 2.45) is 27.1 Å². The number of aldehydes is 3. The molecule has 5 aliphatic rings. The summed E-state index contributed by atoms with van der Waals surface area (Å²) in [5, 5.41) is 74.5. The standard InChI is InChI=1S/C22H30O2.C22H32O.C20H27NO.C20H28O2.C15H22O2.C8H14NO2P.C5H10NO2P.CH4/c1-17(9-6-7-14-23)10-8-11-18(2)12-13-21-19(3)15-20(24)16-22(21,4)5;1-7-8-10-17(2)11-9-12-18(3)13-14-21-19(4)15-20(23)16-22(21,5)6;2*1-15(7-6-8-16(2)11-12-21)9-10-19-17(3)13-18(22)14-20(19,4)5;1-11(7-8-16)5-6-14-12(2)9-13(17)10-15(14,3)4;1-4-11-12(3,10)7-8(2)5-6-9;1-3-8-9(2,7)5-4-6;/h6-14,20,24H,15-16H2,1-5H3;7-14,20,23H,15-16H2,1-6H3;6-11,18,22H,13-14H2,1-5H3;6-12,18,22H,13-14H2,1-5H3;5-8,13,17H,9-10H2,1-4H3;5H,4,7H2,1-3H3;3,5H2,1-2H3;1H4/b7-6+,10-8+,13-12+,17-9+,18-11+;8-7+,11-9+,14-13+,17-10+,18-12+;2*8-6+,10-9+,15-7+,16-11+;6-5+,11-7+;8-5+;;. The monoisotopic (exact) mass is 1820 g/mol. The molecular formula is C113H167N3O12P2. The van der Waals surface area contributed by atoms with Crippen molar-refractivity contribution >= 4 is 33.6 Å². The predicted molar refractivity (Wildman–Crippen MR) is 554 cm³/mol. The van der Waals surface area contributed by atoms with E-state index in [2.05, 4.69) is 224 Å². The summed E-state index contributed by atoms with van der Waals surface area (Å²) in [7, 11) is -5.05. The van der Waals surface area contributed by atoms with E-state index in [0.29, 0.717) is 19.4 Å². The van der Waals surface area contributed by atoms with E-state index in [1.165, 1.54) is 97.3 Å². The van der Waals surface area contributed by atoms with Crippen molar-refractivity contribution in [3.05, 3.63) is 306 Å². The average molecular weight is 1820 g/mol. The summed E-state index contributed by atoms with van der Waals surface area (Å²) >= 11 is 0. The molecular weight excluding hydrogens is 1650 g/mol. The third-order valence-corrected chi connectivity index (χ3v) is 25.3. The number of aliphatic hydroxyl groups excluding tert-OH is 5. The lowest BCUT2D eigenvalue weighted by atomic mass is 9.71. The van der Waals surface area contributed by atoms with Gasteiger partial charge in [0.2, 0.25) is 14.7 Å². The lowest BCUT2D eigenvalue weighted by Crippen LogP contribution is -2.28. The van der Waals surface area contributed by atoms with Gasteiger partial charge >= 0.3 is 0 Å². The molecule has 716 valence electrons. The summed E-state index contributed by atoms with van der Waals surface area (Å²) in [6.45, 7) is 61.8. The third-order valence-electron chi connectivity index (χ3n) is 21.9. The molecule has 5 rings (SSSR count). The molecule has 0 aromatic heterocycles. The van der Waals surface area contributed by atoms with Gasteiger partial charge in [0.15, 0.2) is 0 Å². The fourth-order valence-corrected chi connectivity index (χ4v) is 18.6. The van der Waals surface area contributed by atoms with Gasteiger partial charge in [-0.15, -0.1) is 0 Å². The second kappa shape index (κ2) is 64.7. The largest absolute Gasteiger partial charge is 0.393 e. The van der Waals surface area contributed by atoms with Gasteiger partial charge < -0.3 is 34.6 Å². The first-order chi connectivity index (χ1) is 60.0. The van der Waals surface area contributed by atoms with Gasteiger partial charge in [0.25, 0.3) is 0 Å². The number of nitriles is 3. The molecule has 17 heteroatoms. The number of nitrogens with zero attached hydrogens (tertiary/aromatic N) is 3. The van der Waals surface area contributed by atoms with Crippen molar-refractivity contribution in [2.75, 3.05) is 38.9 Å². The maximum atomic E-state index is 11.5. The molecule has 130 heavy (non-hydrogen) atoms. The number of hydrogen-bond acceptors (Lipinski definition) is 15. The Bertz CT molecular complexity index is 4780. The first kappa shape index (κ1) is 125. The van der Waals surface area contributed by atoms with Crippen LogP contribution in [-0.2, 0) is 32.6 Å². The van der Waals surface area contributed by atoms with E-state index < -0.39 is 14.7 Å². The molecule has 0 saturated carbocycles. The quantitative estimate of drug-likeness (QED) is 0.0147. The molecule has 0 spiro atoms. The minimum atomic E-state index is -2.55. The lowest BCUT2D eigenvalue weighted by molar-refractivity contribution is -0.104. The number of aliphatic hydroxyl groups is 5. The Hall–Kier alpha value is -9.10. The molecule has 5 aliphatic carbocycles. The van der Waals surface area contributed by atoms with Crippen LogP contribution in [0.1, 0.15) is 265 Å². The molecule has 15 nitrogen and oxygen atoms in total. The highest BCUT2D eigenvalue weighted by Gasteiger charge is 2.36. The smallest absolute Gasteiger partial charge is 0.213 e. The number of hydrogen-bond donors (Lipinski definition) is 5. The van der Waals surface area contributed by atoms with Crippen molar-refractivity contribution in [1.82, 2.24) is 0 Å². The van der Waals surface area contributed by atoms with Gasteiger partial charge in [-0.3, -0.25) is 23.5 Å². The topological polar surface area (TPSA) is 276 Å². The minimum absolute atomic E-state index is 0. The van der Waals surface area contributed by atoms with Crippen molar-refractivity contribution in [3.63, 3.8) is 0 Å². The highest BCUT2D eigenvalue weighted by atomic mass is 31.2.